The summed E-state index contributed by atoms with van der Waals surface area (Å²) in [7, 11) is -3.27. The van der Waals surface area contributed by atoms with E-state index in [0.29, 0.717) is 6.54 Å². The zero-order valence-corrected chi connectivity index (χ0v) is 15.6. The number of nitrogens with two attached hydrogens (primary N) is 1. The molecule has 8 heteroatoms. The summed E-state index contributed by atoms with van der Waals surface area (Å²) in [5, 5.41) is 4.16. The van der Waals surface area contributed by atoms with E-state index in [9.17, 15) is 13.2 Å². The predicted octanol–water partition coefficient (Wildman–Crippen LogP) is 2.05. The van der Waals surface area contributed by atoms with Crippen LogP contribution >= 0.6 is 22.7 Å². The van der Waals surface area contributed by atoms with Crippen LogP contribution in [0.4, 0.5) is 0 Å². The highest BCUT2D eigenvalue weighted by Gasteiger charge is 2.30. The third kappa shape index (κ3) is 4.05. The van der Waals surface area contributed by atoms with Crippen LogP contribution in [0, 0.1) is 0 Å². The zero-order valence-electron chi connectivity index (χ0n) is 13.2. The fraction of sp³-hybridized carbons (Fsp3) is 0.438. The number of hydrogen-bond acceptors (Lipinski definition) is 6. The maximum atomic E-state index is 12.1. The maximum absolute atomic E-state index is 12.1. The molecule has 1 unspecified atom stereocenters. The molecule has 1 aliphatic heterocycles. The summed E-state index contributed by atoms with van der Waals surface area (Å²) < 4.78 is 24.3. The highest BCUT2D eigenvalue weighted by atomic mass is 32.2. The topological polar surface area (TPSA) is 80.5 Å². The van der Waals surface area contributed by atoms with Crippen LogP contribution < -0.4 is 5.73 Å². The fourth-order valence-corrected chi connectivity index (χ4v) is 6.01. The van der Waals surface area contributed by atoms with Gasteiger partial charge in [0.05, 0.1) is 17.5 Å². The Balaban J connectivity index is 1.74. The number of carbonyl (C=O) groups excluding carboxylic acids is 1. The Kier molecular flexibility index (Phi) is 5.39. The van der Waals surface area contributed by atoms with Gasteiger partial charge in [0.15, 0.2) is 9.84 Å². The molecule has 2 aromatic rings. The van der Waals surface area contributed by atoms with Gasteiger partial charge in [0, 0.05) is 29.3 Å². The second-order valence-corrected chi connectivity index (χ2v) is 10.2. The third-order valence-electron chi connectivity index (χ3n) is 4.23. The van der Waals surface area contributed by atoms with E-state index in [1.807, 2.05) is 6.07 Å². The van der Waals surface area contributed by atoms with Crippen molar-refractivity contribution < 1.29 is 13.2 Å². The standard InChI is InChI=1S/C16H20N2O3S3/c17-15(19)5-10-24(20,21)11-7-18-6-3-13-12(4-9-23-13)16(18)14-2-1-8-22-14/h1-2,4,8-9,16H,3,5-7,10-11H2,(H2,17,19). The van der Waals surface area contributed by atoms with E-state index in [-0.39, 0.29) is 24.0 Å². The second-order valence-electron chi connectivity index (χ2n) is 5.87. The van der Waals surface area contributed by atoms with Crippen LogP contribution in [0.5, 0.6) is 0 Å². The van der Waals surface area contributed by atoms with Gasteiger partial charge in [0.25, 0.3) is 0 Å². The Hall–Kier alpha value is -1.22. The summed E-state index contributed by atoms with van der Waals surface area (Å²) >= 11 is 3.47. The number of fused-ring (bicyclic) bond motifs is 1. The molecule has 0 bridgehead atoms. The van der Waals surface area contributed by atoms with Crippen LogP contribution in [0.25, 0.3) is 0 Å². The number of carbonyl (C=O) groups is 1. The maximum Gasteiger partial charge on any atom is 0.218 e. The second kappa shape index (κ2) is 7.35. The number of primary amides is 1. The van der Waals surface area contributed by atoms with Gasteiger partial charge in [0.2, 0.25) is 5.91 Å². The van der Waals surface area contributed by atoms with Crippen molar-refractivity contribution in [2.24, 2.45) is 5.73 Å². The summed E-state index contributed by atoms with van der Waals surface area (Å²) in [5.74, 6) is -0.679. The number of amides is 1. The molecule has 3 rings (SSSR count). The van der Waals surface area contributed by atoms with Crippen molar-refractivity contribution in [3.05, 3.63) is 44.3 Å². The number of nitrogens with zero attached hydrogens (tertiary/aromatic N) is 1. The van der Waals surface area contributed by atoms with Gasteiger partial charge in [-0.15, -0.1) is 22.7 Å². The third-order valence-corrected chi connectivity index (χ3v) is 7.78. The largest absolute Gasteiger partial charge is 0.370 e. The molecule has 0 saturated carbocycles. The number of rotatable bonds is 7. The van der Waals surface area contributed by atoms with Gasteiger partial charge in [-0.05, 0) is 34.9 Å². The Bertz CT molecular complexity index is 796. The van der Waals surface area contributed by atoms with E-state index in [1.54, 1.807) is 22.7 Å². The molecule has 2 N–H and O–H groups in total. The molecular weight excluding hydrogens is 364 g/mol. The minimum absolute atomic E-state index is 0.0572. The van der Waals surface area contributed by atoms with Gasteiger partial charge in [0.1, 0.15) is 0 Å². The average molecular weight is 385 g/mol. The van der Waals surface area contributed by atoms with Gasteiger partial charge < -0.3 is 5.73 Å². The van der Waals surface area contributed by atoms with Crippen LogP contribution in [0.15, 0.2) is 29.0 Å². The van der Waals surface area contributed by atoms with Crippen molar-refractivity contribution in [1.29, 1.82) is 0 Å². The van der Waals surface area contributed by atoms with Gasteiger partial charge in [-0.2, -0.15) is 0 Å². The first-order chi connectivity index (χ1) is 11.5. The smallest absolute Gasteiger partial charge is 0.218 e. The van der Waals surface area contributed by atoms with E-state index in [2.05, 4.69) is 27.8 Å². The molecule has 0 spiro atoms. The van der Waals surface area contributed by atoms with Gasteiger partial charge in [-0.1, -0.05) is 6.07 Å². The van der Waals surface area contributed by atoms with Crippen molar-refractivity contribution in [3.63, 3.8) is 0 Å². The van der Waals surface area contributed by atoms with Crippen LogP contribution in [-0.4, -0.2) is 43.8 Å². The zero-order chi connectivity index (χ0) is 17.2. The van der Waals surface area contributed by atoms with Gasteiger partial charge in [-0.25, -0.2) is 8.42 Å². The molecule has 24 heavy (non-hydrogen) atoms. The number of sulfone groups is 1. The first kappa shape index (κ1) is 17.6. The molecule has 2 aromatic heterocycles. The lowest BCUT2D eigenvalue weighted by molar-refractivity contribution is -0.117. The van der Waals surface area contributed by atoms with E-state index in [1.165, 1.54) is 15.3 Å². The average Bonchev–Trinajstić information content (AvgIpc) is 3.21. The molecule has 1 amide bonds. The molecule has 3 heterocycles. The molecule has 0 saturated heterocycles. The highest BCUT2D eigenvalue weighted by Crippen LogP contribution is 2.39. The van der Waals surface area contributed by atoms with E-state index < -0.39 is 15.7 Å². The monoisotopic (exact) mass is 384 g/mol. The molecule has 0 radical (unpaired) electrons. The van der Waals surface area contributed by atoms with Crippen molar-refractivity contribution >= 4 is 38.4 Å². The lowest BCUT2D eigenvalue weighted by Crippen LogP contribution is -2.38. The summed E-state index contributed by atoms with van der Waals surface area (Å²) in [6.07, 6.45) is 0.849. The van der Waals surface area contributed by atoms with Crippen LogP contribution in [-0.2, 0) is 21.1 Å². The number of thiophene rings is 2. The normalized spacial score (nSPS) is 18.4. The van der Waals surface area contributed by atoms with Crippen molar-refractivity contribution in [3.8, 4) is 0 Å². The van der Waals surface area contributed by atoms with Crippen LogP contribution in [0.3, 0.4) is 0 Å². The molecule has 0 aromatic carbocycles. The molecule has 1 atom stereocenters. The van der Waals surface area contributed by atoms with E-state index in [0.717, 1.165) is 13.0 Å². The van der Waals surface area contributed by atoms with Crippen molar-refractivity contribution in [1.82, 2.24) is 4.90 Å². The van der Waals surface area contributed by atoms with Crippen LogP contribution in [0.1, 0.15) is 27.8 Å². The molecule has 5 nitrogen and oxygen atoms in total. The Morgan fingerprint density at radius 1 is 1.25 bits per heavy atom. The van der Waals surface area contributed by atoms with Crippen LogP contribution in [0.2, 0.25) is 0 Å². The summed E-state index contributed by atoms with van der Waals surface area (Å²) in [4.78, 5) is 15.7. The lowest BCUT2D eigenvalue weighted by Gasteiger charge is -2.35. The summed E-state index contributed by atoms with van der Waals surface area (Å²) in [5.41, 5.74) is 6.35. The quantitative estimate of drug-likeness (QED) is 0.792. The number of hydrogen-bond donors (Lipinski definition) is 1. The molecule has 0 aliphatic carbocycles. The minimum atomic E-state index is -3.27. The predicted molar refractivity (Wildman–Crippen MR) is 98.2 cm³/mol. The summed E-state index contributed by atoms with van der Waals surface area (Å²) in [6, 6.07) is 6.42. The SMILES string of the molecule is NC(=O)CCS(=O)(=O)CCN1CCc2sccc2C1c1cccs1. The van der Waals surface area contributed by atoms with E-state index >= 15 is 0 Å². The van der Waals surface area contributed by atoms with Gasteiger partial charge in [-0.3, -0.25) is 9.69 Å². The fourth-order valence-electron chi connectivity index (χ4n) is 3.00. The first-order valence-electron chi connectivity index (χ1n) is 7.79. The highest BCUT2D eigenvalue weighted by molar-refractivity contribution is 7.91. The molecular formula is C16H20N2O3S3. The minimum Gasteiger partial charge on any atom is -0.370 e. The molecule has 130 valence electrons. The van der Waals surface area contributed by atoms with Crippen molar-refractivity contribution in [2.45, 2.75) is 18.9 Å². The van der Waals surface area contributed by atoms with Crippen molar-refractivity contribution in [2.75, 3.05) is 24.6 Å². The molecule has 1 aliphatic rings. The Labute approximate surface area is 150 Å². The first-order valence-corrected chi connectivity index (χ1v) is 11.4. The summed E-state index contributed by atoms with van der Waals surface area (Å²) in [6.45, 7) is 1.32. The van der Waals surface area contributed by atoms with Gasteiger partial charge >= 0.3 is 0 Å². The van der Waals surface area contributed by atoms with E-state index in [4.69, 9.17) is 5.73 Å². The molecule has 0 fully saturated rings. The Morgan fingerprint density at radius 3 is 2.79 bits per heavy atom. The lowest BCUT2D eigenvalue weighted by atomic mass is 9.99. The Morgan fingerprint density at radius 2 is 2.08 bits per heavy atom.